The van der Waals surface area contributed by atoms with Crippen LogP contribution in [0.5, 0.6) is 0 Å². The summed E-state index contributed by atoms with van der Waals surface area (Å²) in [7, 11) is 0. The van der Waals surface area contributed by atoms with E-state index in [1.165, 1.54) is 32.0 Å². The number of nitrogens with one attached hydrogen (secondary N) is 1. The lowest BCUT2D eigenvalue weighted by Crippen LogP contribution is -2.39. The van der Waals surface area contributed by atoms with Gasteiger partial charge in [0.2, 0.25) is 0 Å². The number of nitrogens with zero attached hydrogens (tertiary/aromatic N) is 1. The number of para-hydroxylation sites is 1. The van der Waals surface area contributed by atoms with Crippen LogP contribution in [0.2, 0.25) is 0 Å². The van der Waals surface area contributed by atoms with E-state index in [-0.39, 0.29) is 6.09 Å². The number of benzene rings is 2. The van der Waals surface area contributed by atoms with Gasteiger partial charge in [-0.05, 0) is 45.9 Å². The van der Waals surface area contributed by atoms with Gasteiger partial charge in [0.15, 0.2) is 0 Å². The summed E-state index contributed by atoms with van der Waals surface area (Å²) in [5.41, 5.74) is 4.38. The van der Waals surface area contributed by atoms with Gasteiger partial charge in [-0.25, -0.2) is 4.79 Å². The number of ether oxygens (including phenoxy) is 1. The molecule has 0 bridgehead atoms. The lowest BCUT2D eigenvalue weighted by molar-refractivity contribution is 0.0224. The Morgan fingerprint density at radius 3 is 2.61 bits per heavy atom. The highest BCUT2D eigenvalue weighted by Gasteiger charge is 2.28. The Balaban J connectivity index is 1.63. The predicted molar refractivity (Wildman–Crippen MR) is 114 cm³/mol. The molecule has 4 rings (SSSR count). The molecular weight excluding hydrogens is 368 g/mol. The number of aromatic amines is 1. The fraction of sp³-hybridized carbons (Fsp3) is 0.348. The van der Waals surface area contributed by atoms with Gasteiger partial charge in [0.05, 0.1) is 12.1 Å². The number of rotatable bonds is 2. The van der Waals surface area contributed by atoms with Gasteiger partial charge in [0.25, 0.3) is 0 Å². The Hall–Kier alpha value is -2.40. The zero-order valence-electron chi connectivity index (χ0n) is 16.8. The molecule has 0 fully saturated rings. The smallest absolute Gasteiger partial charge is 0.410 e. The van der Waals surface area contributed by atoms with Crippen molar-refractivity contribution in [3.05, 3.63) is 59.3 Å². The number of amides is 1. The zero-order valence-corrected chi connectivity index (χ0v) is 17.7. The Morgan fingerprint density at radius 2 is 1.89 bits per heavy atom. The topological polar surface area (TPSA) is 45.3 Å². The third kappa shape index (κ3) is 3.90. The summed E-state index contributed by atoms with van der Waals surface area (Å²) in [6.07, 6.45) is 0.579. The van der Waals surface area contributed by atoms with Crippen LogP contribution in [-0.4, -0.2) is 28.1 Å². The largest absolute Gasteiger partial charge is 0.444 e. The fourth-order valence-corrected chi connectivity index (χ4v) is 4.45. The summed E-state index contributed by atoms with van der Waals surface area (Å²) >= 11 is 1.77. The predicted octanol–water partition coefficient (Wildman–Crippen LogP) is 5.92. The van der Waals surface area contributed by atoms with Gasteiger partial charge >= 0.3 is 6.09 Å². The van der Waals surface area contributed by atoms with Crippen LogP contribution in [0.4, 0.5) is 4.79 Å². The van der Waals surface area contributed by atoms with E-state index < -0.39 is 5.60 Å². The van der Waals surface area contributed by atoms with Crippen LogP contribution < -0.4 is 0 Å². The molecule has 0 aliphatic carbocycles. The maximum atomic E-state index is 12.5. The SMILES string of the molecule is Cc1ccc(Sc2cccc3c4c([nH]c23)CCN(C(=O)OC(C)(C)C)C4)cc1. The number of carbonyl (C=O) groups is 1. The lowest BCUT2D eigenvalue weighted by Gasteiger charge is -2.30. The third-order valence-corrected chi connectivity index (χ3v) is 5.94. The van der Waals surface area contributed by atoms with Crippen LogP contribution in [0, 0.1) is 6.92 Å². The summed E-state index contributed by atoms with van der Waals surface area (Å²) < 4.78 is 5.57. The summed E-state index contributed by atoms with van der Waals surface area (Å²) in [6, 6.07) is 15.0. The van der Waals surface area contributed by atoms with Gasteiger partial charge in [0.1, 0.15) is 5.60 Å². The van der Waals surface area contributed by atoms with Gasteiger partial charge in [-0.15, -0.1) is 0 Å². The van der Waals surface area contributed by atoms with E-state index in [0.717, 1.165) is 11.9 Å². The first-order valence-corrected chi connectivity index (χ1v) is 10.5. The second-order valence-corrected chi connectivity index (χ2v) is 9.44. The highest BCUT2D eigenvalue weighted by atomic mass is 32.2. The van der Waals surface area contributed by atoms with E-state index in [1.807, 2.05) is 20.8 Å². The van der Waals surface area contributed by atoms with E-state index in [1.54, 1.807) is 16.7 Å². The molecule has 1 amide bonds. The molecule has 2 aromatic carbocycles. The first kappa shape index (κ1) is 18.9. The maximum Gasteiger partial charge on any atom is 0.410 e. The molecule has 3 aromatic rings. The molecule has 0 radical (unpaired) electrons. The second kappa shape index (κ2) is 7.21. The van der Waals surface area contributed by atoms with Crippen molar-refractivity contribution in [3.63, 3.8) is 0 Å². The van der Waals surface area contributed by atoms with E-state index in [2.05, 4.69) is 54.4 Å². The van der Waals surface area contributed by atoms with E-state index in [9.17, 15) is 4.79 Å². The van der Waals surface area contributed by atoms with Crippen molar-refractivity contribution in [1.29, 1.82) is 0 Å². The third-order valence-electron chi connectivity index (χ3n) is 4.87. The number of hydrogen-bond donors (Lipinski definition) is 1. The minimum Gasteiger partial charge on any atom is -0.444 e. The molecule has 1 aliphatic rings. The van der Waals surface area contributed by atoms with Crippen molar-refractivity contribution in [1.82, 2.24) is 9.88 Å². The quantitative estimate of drug-likeness (QED) is 0.587. The van der Waals surface area contributed by atoms with Crippen LogP contribution >= 0.6 is 11.8 Å². The molecule has 1 N–H and O–H groups in total. The van der Waals surface area contributed by atoms with Crippen molar-refractivity contribution in [2.45, 2.75) is 56.1 Å². The van der Waals surface area contributed by atoms with Crippen LogP contribution in [-0.2, 0) is 17.7 Å². The zero-order chi connectivity index (χ0) is 19.9. The Morgan fingerprint density at radius 1 is 1.14 bits per heavy atom. The lowest BCUT2D eigenvalue weighted by atomic mass is 10.0. The van der Waals surface area contributed by atoms with Crippen molar-refractivity contribution in [3.8, 4) is 0 Å². The number of aryl methyl sites for hydroxylation is 1. The molecule has 146 valence electrons. The summed E-state index contributed by atoms with van der Waals surface area (Å²) in [6.45, 7) is 9.07. The molecule has 28 heavy (non-hydrogen) atoms. The van der Waals surface area contributed by atoms with Gasteiger partial charge in [-0.3, -0.25) is 0 Å². The Labute approximate surface area is 170 Å². The molecule has 4 nitrogen and oxygen atoms in total. The molecule has 5 heteroatoms. The van der Waals surface area contributed by atoms with Crippen molar-refractivity contribution in [2.75, 3.05) is 6.54 Å². The molecule has 0 saturated heterocycles. The monoisotopic (exact) mass is 394 g/mol. The average molecular weight is 395 g/mol. The van der Waals surface area contributed by atoms with Crippen molar-refractivity contribution < 1.29 is 9.53 Å². The van der Waals surface area contributed by atoms with Crippen LogP contribution in [0.3, 0.4) is 0 Å². The van der Waals surface area contributed by atoms with Crippen LogP contribution in [0.25, 0.3) is 10.9 Å². The molecule has 0 atom stereocenters. The molecule has 0 spiro atoms. The highest BCUT2D eigenvalue weighted by Crippen LogP contribution is 2.37. The highest BCUT2D eigenvalue weighted by molar-refractivity contribution is 7.99. The van der Waals surface area contributed by atoms with E-state index in [0.29, 0.717) is 13.1 Å². The molecular formula is C23H26N2O2S. The molecule has 0 saturated carbocycles. The fourth-order valence-electron chi connectivity index (χ4n) is 3.51. The number of fused-ring (bicyclic) bond motifs is 3. The Bertz CT molecular complexity index is 1020. The summed E-state index contributed by atoms with van der Waals surface area (Å²) in [5, 5.41) is 1.19. The number of carbonyl (C=O) groups excluding carboxylic acids is 1. The van der Waals surface area contributed by atoms with E-state index >= 15 is 0 Å². The minimum absolute atomic E-state index is 0.238. The van der Waals surface area contributed by atoms with Gasteiger partial charge < -0.3 is 14.6 Å². The minimum atomic E-state index is -0.477. The summed E-state index contributed by atoms with van der Waals surface area (Å²) in [4.78, 5) is 20.4. The molecule has 1 aliphatic heterocycles. The van der Waals surface area contributed by atoms with Crippen molar-refractivity contribution in [2.24, 2.45) is 0 Å². The second-order valence-electron chi connectivity index (χ2n) is 8.33. The first-order chi connectivity index (χ1) is 13.3. The maximum absolute atomic E-state index is 12.5. The van der Waals surface area contributed by atoms with Gasteiger partial charge in [-0.1, -0.05) is 41.6 Å². The number of H-pyrrole nitrogens is 1. The number of aromatic nitrogens is 1. The van der Waals surface area contributed by atoms with Gasteiger partial charge in [0, 0.05) is 39.4 Å². The average Bonchev–Trinajstić information content (AvgIpc) is 3.01. The first-order valence-electron chi connectivity index (χ1n) is 9.65. The normalized spacial score (nSPS) is 14.2. The van der Waals surface area contributed by atoms with Crippen LogP contribution in [0.1, 0.15) is 37.6 Å². The summed E-state index contributed by atoms with van der Waals surface area (Å²) in [5.74, 6) is 0. The van der Waals surface area contributed by atoms with Gasteiger partial charge in [-0.2, -0.15) is 0 Å². The standard InChI is InChI=1S/C23H26N2O2S/c1-15-8-10-16(11-9-15)28-20-7-5-6-17-18-14-25(22(26)27-23(2,3)4)13-12-19(18)24-21(17)20/h5-11,24H,12-14H2,1-4H3. The van der Waals surface area contributed by atoms with Crippen molar-refractivity contribution >= 4 is 28.8 Å². The molecule has 1 aromatic heterocycles. The number of hydrogen-bond acceptors (Lipinski definition) is 3. The van der Waals surface area contributed by atoms with Crippen LogP contribution in [0.15, 0.2) is 52.3 Å². The molecule has 0 unspecified atom stereocenters. The van der Waals surface area contributed by atoms with E-state index in [4.69, 9.17) is 4.74 Å². The molecule has 2 heterocycles. The Kier molecular flexibility index (Phi) is 4.88.